The zero-order valence-corrected chi connectivity index (χ0v) is 39.9. The van der Waals surface area contributed by atoms with E-state index in [4.69, 9.17) is 9.47 Å². The predicted molar refractivity (Wildman–Crippen MR) is 240 cm³/mol. The normalized spacial score (nSPS) is 38.8. The van der Waals surface area contributed by atoms with Crippen molar-refractivity contribution in [1.82, 2.24) is 0 Å². The van der Waals surface area contributed by atoms with Crippen molar-refractivity contribution in [2.45, 2.75) is 80.8 Å². The summed E-state index contributed by atoms with van der Waals surface area (Å²) >= 11 is 0. The summed E-state index contributed by atoms with van der Waals surface area (Å²) in [5, 5.41) is 23.4. The Morgan fingerprint density at radius 1 is 0.667 bits per heavy atom. The van der Waals surface area contributed by atoms with Gasteiger partial charge < -0.3 is 62.2 Å². The number of benzene rings is 4. The van der Waals surface area contributed by atoms with Crippen LogP contribution in [0.5, 0.6) is 0 Å². The molecule has 5 saturated heterocycles. The van der Waals surface area contributed by atoms with Gasteiger partial charge in [0.15, 0.2) is 0 Å². The molecular formula is C52H54Br2N6O6. The fraction of sp³-hybridized carbons (Fsp3) is 0.462. The highest BCUT2D eigenvalue weighted by Gasteiger charge is 2.77. The number of anilines is 2. The van der Waals surface area contributed by atoms with Crippen LogP contribution in [0.25, 0.3) is 0 Å². The van der Waals surface area contributed by atoms with E-state index in [9.17, 15) is 20.2 Å². The fourth-order valence-corrected chi connectivity index (χ4v) is 17.0. The van der Waals surface area contributed by atoms with E-state index in [0.29, 0.717) is 43.1 Å². The smallest absolute Gasteiger partial charge is 0.269 e. The minimum Gasteiger partial charge on any atom is -1.00 e. The lowest BCUT2D eigenvalue weighted by atomic mass is 9.53. The topological polar surface area (TPSA) is 111 Å². The van der Waals surface area contributed by atoms with Crippen molar-refractivity contribution in [2.24, 2.45) is 29.6 Å². The molecule has 0 N–H and O–H groups in total. The van der Waals surface area contributed by atoms with Gasteiger partial charge in [0, 0.05) is 108 Å². The zero-order chi connectivity index (χ0) is 42.7. The summed E-state index contributed by atoms with van der Waals surface area (Å²) in [6.07, 6.45) is 9.09. The number of quaternary nitrogens is 2. The summed E-state index contributed by atoms with van der Waals surface area (Å²) in [5.41, 5.74) is 9.69. The van der Waals surface area contributed by atoms with Crippen molar-refractivity contribution in [3.05, 3.63) is 163 Å². The van der Waals surface area contributed by atoms with Gasteiger partial charge in [-0.05, 0) is 59.2 Å². The Kier molecular flexibility index (Phi) is 9.93. The Morgan fingerprint density at radius 3 is 1.92 bits per heavy atom. The first kappa shape index (κ1) is 42.9. The van der Waals surface area contributed by atoms with Crippen molar-refractivity contribution >= 4 is 22.7 Å². The average Bonchev–Trinajstić information content (AvgIpc) is 3.85. The minimum absolute atomic E-state index is 0. The Hall–Kier alpha value is -4.44. The molecule has 4 aromatic carbocycles. The van der Waals surface area contributed by atoms with Crippen molar-refractivity contribution in [2.75, 3.05) is 49.2 Å². The van der Waals surface area contributed by atoms with E-state index in [2.05, 4.69) is 76.5 Å². The molecule has 66 heavy (non-hydrogen) atoms. The summed E-state index contributed by atoms with van der Waals surface area (Å²) in [7, 11) is 0. The van der Waals surface area contributed by atoms with Crippen LogP contribution in [0, 0.1) is 49.8 Å². The molecule has 1 spiro atoms. The molecule has 14 rings (SSSR count). The highest BCUT2D eigenvalue weighted by Crippen LogP contribution is 2.69. The first-order valence-corrected chi connectivity index (χ1v) is 23.8. The number of halogens is 2. The molecule has 4 aromatic rings. The third-order valence-corrected chi connectivity index (χ3v) is 19.0. The molecule has 2 saturated carbocycles. The Balaban J connectivity index is 0.00000228. The van der Waals surface area contributed by atoms with Gasteiger partial charge in [-0.1, -0.05) is 48.6 Å². The Bertz CT molecular complexity index is 2690. The molecule has 12 nitrogen and oxygen atoms in total. The number of nitro groups is 2. The molecule has 342 valence electrons. The van der Waals surface area contributed by atoms with Gasteiger partial charge in [0.05, 0.1) is 53.6 Å². The first-order valence-electron chi connectivity index (χ1n) is 23.8. The van der Waals surface area contributed by atoms with Crippen LogP contribution in [0.2, 0.25) is 0 Å². The molecule has 14 atom stereocenters. The number of non-ortho nitro benzene ring substituents is 2. The van der Waals surface area contributed by atoms with E-state index < -0.39 is 0 Å². The Labute approximate surface area is 405 Å². The number of fused-ring (bicyclic) bond motifs is 4. The number of ether oxygens (including phenoxy) is 2. The molecule has 4 bridgehead atoms. The van der Waals surface area contributed by atoms with Crippen molar-refractivity contribution < 1.29 is 62.2 Å². The molecule has 0 radical (unpaired) electrons. The lowest BCUT2D eigenvalue weighted by Crippen LogP contribution is -3.00. The summed E-state index contributed by atoms with van der Waals surface area (Å²) in [6.45, 7) is 7.03. The third kappa shape index (κ3) is 5.68. The molecule has 7 fully saturated rings. The highest BCUT2D eigenvalue weighted by molar-refractivity contribution is 5.68. The minimum atomic E-state index is -0.294. The summed E-state index contributed by atoms with van der Waals surface area (Å²) in [6, 6.07) is 36.6. The molecule has 0 amide bonds. The van der Waals surface area contributed by atoms with Gasteiger partial charge in [0.1, 0.15) is 44.7 Å². The van der Waals surface area contributed by atoms with Gasteiger partial charge in [0.2, 0.25) is 0 Å². The molecule has 8 aliphatic heterocycles. The van der Waals surface area contributed by atoms with Crippen LogP contribution >= 0.6 is 0 Å². The molecule has 0 aromatic heterocycles. The molecular weight excluding hydrogens is 964 g/mol. The second-order valence-corrected chi connectivity index (χ2v) is 21.1. The second-order valence-electron chi connectivity index (χ2n) is 21.1. The van der Waals surface area contributed by atoms with Crippen LogP contribution in [0.15, 0.2) is 126 Å². The van der Waals surface area contributed by atoms with Crippen LogP contribution < -0.4 is 43.8 Å². The number of nitro benzene ring substituents is 2. The van der Waals surface area contributed by atoms with Crippen LogP contribution in [-0.4, -0.2) is 94.8 Å². The summed E-state index contributed by atoms with van der Waals surface area (Å²) in [4.78, 5) is 28.5. The van der Waals surface area contributed by atoms with E-state index in [1.54, 1.807) is 24.3 Å². The lowest BCUT2D eigenvalue weighted by Gasteiger charge is -2.65. The number of hydrogen-bond acceptors (Lipinski definition) is 8. The first-order chi connectivity index (χ1) is 31.3. The van der Waals surface area contributed by atoms with Crippen LogP contribution in [0.3, 0.4) is 0 Å². The van der Waals surface area contributed by atoms with Gasteiger partial charge in [-0.2, -0.15) is 0 Å². The van der Waals surface area contributed by atoms with Crippen LogP contribution in [-0.2, 0) is 28.0 Å². The summed E-state index contributed by atoms with van der Waals surface area (Å²) < 4.78 is 17.1. The standard InChI is InChI=1S/C52H54N6O6.2BrH/c59-55(60)37-14-10-32(11-15-37)28-57-22-18-39-44(57)26-40-34(30-57)19-24-63-50-46(40)48(39)53(36-6-2-1-3-7-36)51-47-41-27-45-52(42-8-4-5-9-43(42)54(50)49(47)52)21-23-58(45,31-35(41)20-25-64-51)29-33-12-16-38(17-13-33)56(61)62;;/h1-17,19-20,39-41,44-51H,18,21-31H2;2*1H/q+2;;/p-2. The predicted octanol–water partition coefficient (Wildman–Crippen LogP) is 1.89. The van der Waals surface area contributed by atoms with Crippen molar-refractivity contribution in [3.8, 4) is 0 Å². The molecule has 10 aliphatic rings. The number of piperidine rings is 2. The van der Waals surface area contributed by atoms with Crippen molar-refractivity contribution in [1.29, 1.82) is 0 Å². The fourth-order valence-electron chi connectivity index (χ4n) is 17.0. The maximum absolute atomic E-state index is 11.7. The quantitative estimate of drug-likeness (QED) is 0.120. The third-order valence-electron chi connectivity index (χ3n) is 19.0. The maximum Gasteiger partial charge on any atom is 0.269 e. The van der Waals surface area contributed by atoms with E-state index in [1.165, 1.54) is 39.2 Å². The van der Waals surface area contributed by atoms with Gasteiger partial charge in [-0.3, -0.25) is 20.2 Å². The van der Waals surface area contributed by atoms with Gasteiger partial charge in [0.25, 0.3) is 11.4 Å². The number of rotatable bonds is 7. The van der Waals surface area contributed by atoms with E-state index in [-0.39, 0.29) is 97.0 Å². The molecule has 14 unspecified atom stereocenters. The monoisotopic (exact) mass is 1020 g/mol. The van der Waals surface area contributed by atoms with Crippen LogP contribution in [0.1, 0.15) is 42.4 Å². The van der Waals surface area contributed by atoms with Crippen LogP contribution in [0.4, 0.5) is 22.7 Å². The molecule has 8 heterocycles. The lowest BCUT2D eigenvalue weighted by molar-refractivity contribution is -0.955. The van der Waals surface area contributed by atoms with Gasteiger partial charge in [-0.15, -0.1) is 0 Å². The van der Waals surface area contributed by atoms with Crippen molar-refractivity contribution in [3.63, 3.8) is 0 Å². The SMILES string of the molecule is O=[N+]([O-])c1ccc(C[N+]23CCC4C5C6C(CC42)C(=CCOC6N2c4ccccc4C46CC[N+]7(Cc8ccc([N+](=O)[O-])cc8)CC8=CCOC(C(C8CC47)C26)N5c2ccccc2)C3)cc1.[Br-].[Br-]. The van der Waals surface area contributed by atoms with Gasteiger partial charge >= 0.3 is 0 Å². The average molecular weight is 1020 g/mol. The Morgan fingerprint density at radius 2 is 1.26 bits per heavy atom. The highest BCUT2D eigenvalue weighted by atomic mass is 79.9. The number of hydrogen-bond donors (Lipinski definition) is 0. The second kappa shape index (κ2) is 15.3. The molecule has 14 heteroatoms. The molecule has 2 aliphatic carbocycles. The van der Waals surface area contributed by atoms with E-state index in [1.807, 2.05) is 24.3 Å². The largest absolute Gasteiger partial charge is 1.00 e. The van der Waals surface area contributed by atoms with E-state index >= 15 is 0 Å². The summed E-state index contributed by atoms with van der Waals surface area (Å²) in [5.74, 6) is 1.52. The number of para-hydroxylation sites is 2. The van der Waals surface area contributed by atoms with Gasteiger partial charge in [-0.25, -0.2) is 0 Å². The zero-order valence-electron chi connectivity index (χ0n) is 36.7. The maximum atomic E-state index is 11.7. The van der Waals surface area contributed by atoms with E-state index in [0.717, 1.165) is 73.9 Å². The number of nitrogens with zero attached hydrogens (tertiary/aromatic N) is 6.